The average Bonchev–Trinajstić information content (AvgIpc) is 3.12. The number of carbonyl (C=O) groups excluding carboxylic acids is 1. The first-order valence-corrected chi connectivity index (χ1v) is 8.39. The second-order valence-electron chi connectivity index (χ2n) is 6.26. The van der Waals surface area contributed by atoms with Gasteiger partial charge in [-0.15, -0.1) is 0 Å². The Labute approximate surface area is 144 Å². The Kier molecular flexibility index (Phi) is 3.87. The smallest absolute Gasteiger partial charge is 0.257 e. The van der Waals surface area contributed by atoms with E-state index in [0.717, 1.165) is 36.6 Å². The Balaban J connectivity index is 1.53. The van der Waals surface area contributed by atoms with Crippen molar-refractivity contribution in [2.45, 2.75) is 20.3 Å². The van der Waals surface area contributed by atoms with Crippen molar-refractivity contribution >= 4 is 22.9 Å². The molecular weight excluding hydrogens is 320 g/mol. The molecule has 1 N–H and O–H groups in total. The Bertz CT molecular complexity index is 915. The molecule has 0 unspecified atom stereocenters. The molecule has 1 aliphatic rings. The summed E-state index contributed by atoms with van der Waals surface area (Å²) >= 11 is 0. The molecule has 1 saturated heterocycles. The molecule has 0 aliphatic carbocycles. The highest BCUT2D eigenvalue weighted by atomic mass is 16.3. The first-order chi connectivity index (χ1) is 12.1. The van der Waals surface area contributed by atoms with Crippen LogP contribution in [0.15, 0.2) is 23.1 Å². The summed E-state index contributed by atoms with van der Waals surface area (Å²) in [6, 6.07) is 1.82. The topological polar surface area (TPSA) is 91.2 Å². The van der Waals surface area contributed by atoms with Crippen molar-refractivity contribution in [2.24, 2.45) is 0 Å². The van der Waals surface area contributed by atoms with Crippen molar-refractivity contribution in [3.63, 3.8) is 0 Å². The summed E-state index contributed by atoms with van der Waals surface area (Å²) in [4.78, 5) is 32.7. The maximum absolute atomic E-state index is 12.8. The van der Waals surface area contributed by atoms with Crippen molar-refractivity contribution in [3.05, 3.63) is 35.8 Å². The molecule has 4 heterocycles. The van der Waals surface area contributed by atoms with Gasteiger partial charge in [0.05, 0.1) is 11.9 Å². The summed E-state index contributed by atoms with van der Waals surface area (Å²) in [5, 5.41) is 0. The van der Waals surface area contributed by atoms with Crippen LogP contribution >= 0.6 is 0 Å². The molecule has 3 aromatic heterocycles. The van der Waals surface area contributed by atoms with Crippen LogP contribution in [0.25, 0.3) is 11.2 Å². The summed E-state index contributed by atoms with van der Waals surface area (Å²) < 4.78 is 5.50. The number of nitrogens with one attached hydrogen (secondary N) is 1. The molecule has 0 atom stereocenters. The third-order valence-electron chi connectivity index (χ3n) is 4.56. The number of aromatic nitrogens is 4. The van der Waals surface area contributed by atoms with Gasteiger partial charge in [0.25, 0.3) is 5.91 Å². The van der Waals surface area contributed by atoms with Crippen LogP contribution in [0.1, 0.15) is 28.3 Å². The van der Waals surface area contributed by atoms with Crippen LogP contribution < -0.4 is 4.90 Å². The number of H-pyrrole nitrogens is 1. The van der Waals surface area contributed by atoms with Gasteiger partial charge in [0, 0.05) is 26.2 Å². The molecule has 25 heavy (non-hydrogen) atoms. The molecule has 4 rings (SSSR count). The first kappa shape index (κ1) is 15.6. The normalized spacial score (nSPS) is 15.6. The highest BCUT2D eigenvalue weighted by Crippen LogP contribution is 2.22. The first-order valence-electron chi connectivity index (χ1n) is 8.39. The zero-order valence-electron chi connectivity index (χ0n) is 14.3. The fourth-order valence-corrected chi connectivity index (χ4v) is 3.34. The average molecular weight is 340 g/mol. The van der Waals surface area contributed by atoms with Gasteiger partial charge in [0.2, 0.25) is 0 Å². The van der Waals surface area contributed by atoms with Crippen LogP contribution in [-0.2, 0) is 0 Å². The van der Waals surface area contributed by atoms with Crippen LogP contribution in [0.2, 0.25) is 0 Å². The van der Waals surface area contributed by atoms with Gasteiger partial charge in [-0.1, -0.05) is 0 Å². The molecular formula is C17H20N6O2. The maximum Gasteiger partial charge on any atom is 0.257 e. The maximum atomic E-state index is 12.8. The SMILES string of the molecule is Cc1cc(C(=O)N2CCCN(c3ncnc4nc[nH]c34)CC2)c(C)o1. The van der Waals surface area contributed by atoms with E-state index in [1.165, 1.54) is 6.33 Å². The number of carbonyl (C=O) groups is 1. The number of furan rings is 1. The van der Waals surface area contributed by atoms with Gasteiger partial charge in [0.1, 0.15) is 23.4 Å². The molecule has 3 aromatic rings. The Hall–Kier alpha value is -2.90. The number of hydrogen-bond donors (Lipinski definition) is 1. The largest absolute Gasteiger partial charge is 0.466 e. The minimum atomic E-state index is 0.0329. The monoisotopic (exact) mass is 340 g/mol. The van der Waals surface area contributed by atoms with E-state index in [9.17, 15) is 4.79 Å². The number of hydrogen-bond acceptors (Lipinski definition) is 6. The summed E-state index contributed by atoms with van der Waals surface area (Å²) in [6.07, 6.45) is 4.03. The number of fused-ring (bicyclic) bond motifs is 1. The number of amides is 1. The number of rotatable bonds is 2. The third-order valence-corrected chi connectivity index (χ3v) is 4.56. The number of anilines is 1. The van der Waals surface area contributed by atoms with Gasteiger partial charge >= 0.3 is 0 Å². The van der Waals surface area contributed by atoms with E-state index >= 15 is 0 Å². The highest BCUT2D eigenvalue weighted by Gasteiger charge is 2.24. The number of imidazole rings is 1. The zero-order chi connectivity index (χ0) is 17.4. The van der Waals surface area contributed by atoms with Crippen molar-refractivity contribution in [2.75, 3.05) is 31.1 Å². The van der Waals surface area contributed by atoms with E-state index in [1.807, 2.05) is 24.8 Å². The fourth-order valence-electron chi connectivity index (χ4n) is 3.34. The van der Waals surface area contributed by atoms with Gasteiger partial charge in [-0.3, -0.25) is 4.79 Å². The van der Waals surface area contributed by atoms with Gasteiger partial charge in [-0.05, 0) is 26.3 Å². The molecule has 0 aromatic carbocycles. The molecule has 1 amide bonds. The van der Waals surface area contributed by atoms with Gasteiger partial charge in [-0.25, -0.2) is 15.0 Å². The van der Waals surface area contributed by atoms with Crippen molar-refractivity contribution < 1.29 is 9.21 Å². The molecule has 130 valence electrons. The van der Waals surface area contributed by atoms with Crippen LogP contribution in [-0.4, -0.2) is 56.9 Å². The molecule has 1 aliphatic heterocycles. The second-order valence-corrected chi connectivity index (χ2v) is 6.26. The molecule has 0 bridgehead atoms. The van der Waals surface area contributed by atoms with E-state index in [4.69, 9.17) is 4.42 Å². The summed E-state index contributed by atoms with van der Waals surface area (Å²) in [6.45, 7) is 6.60. The number of aryl methyl sites for hydroxylation is 2. The lowest BCUT2D eigenvalue weighted by Gasteiger charge is -2.22. The molecule has 8 heteroatoms. The summed E-state index contributed by atoms with van der Waals surface area (Å²) in [7, 11) is 0. The third kappa shape index (κ3) is 2.84. The molecule has 0 radical (unpaired) electrons. The highest BCUT2D eigenvalue weighted by molar-refractivity contribution is 5.95. The van der Waals surface area contributed by atoms with E-state index in [2.05, 4.69) is 24.8 Å². The Morgan fingerprint density at radius 3 is 2.84 bits per heavy atom. The quantitative estimate of drug-likeness (QED) is 0.766. The number of nitrogens with zero attached hydrogens (tertiary/aromatic N) is 5. The molecule has 0 spiro atoms. The molecule has 0 saturated carbocycles. The van der Waals surface area contributed by atoms with E-state index in [0.29, 0.717) is 30.1 Å². The molecule has 8 nitrogen and oxygen atoms in total. The predicted molar refractivity (Wildman–Crippen MR) is 92.6 cm³/mol. The van der Waals surface area contributed by atoms with Crippen molar-refractivity contribution in [3.8, 4) is 0 Å². The lowest BCUT2D eigenvalue weighted by molar-refractivity contribution is 0.0765. The van der Waals surface area contributed by atoms with E-state index in [-0.39, 0.29) is 5.91 Å². The van der Waals surface area contributed by atoms with Crippen LogP contribution in [0.5, 0.6) is 0 Å². The lowest BCUT2D eigenvalue weighted by Crippen LogP contribution is -2.35. The van der Waals surface area contributed by atoms with Gasteiger partial charge in [0.15, 0.2) is 11.5 Å². The van der Waals surface area contributed by atoms with E-state index in [1.54, 1.807) is 6.33 Å². The minimum Gasteiger partial charge on any atom is -0.466 e. The number of aromatic amines is 1. The second kappa shape index (κ2) is 6.19. The Morgan fingerprint density at radius 2 is 2.04 bits per heavy atom. The van der Waals surface area contributed by atoms with Gasteiger partial charge < -0.3 is 19.2 Å². The minimum absolute atomic E-state index is 0.0329. The van der Waals surface area contributed by atoms with E-state index < -0.39 is 0 Å². The molecule has 1 fully saturated rings. The van der Waals surface area contributed by atoms with Crippen LogP contribution in [0.4, 0.5) is 5.82 Å². The van der Waals surface area contributed by atoms with Crippen LogP contribution in [0.3, 0.4) is 0 Å². The van der Waals surface area contributed by atoms with Crippen molar-refractivity contribution in [1.82, 2.24) is 24.8 Å². The summed E-state index contributed by atoms with van der Waals surface area (Å²) in [5.74, 6) is 2.32. The zero-order valence-corrected chi connectivity index (χ0v) is 14.3. The van der Waals surface area contributed by atoms with Crippen molar-refractivity contribution in [1.29, 1.82) is 0 Å². The lowest BCUT2D eigenvalue weighted by atomic mass is 10.2. The van der Waals surface area contributed by atoms with Gasteiger partial charge in [-0.2, -0.15) is 0 Å². The fraction of sp³-hybridized carbons (Fsp3) is 0.412. The summed E-state index contributed by atoms with van der Waals surface area (Å²) in [5.41, 5.74) is 2.15. The predicted octanol–water partition coefficient (Wildman–Crippen LogP) is 1.92. The Morgan fingerprint density at radius 1 is 1.16 bits per heavy atom. The van der Waals surface area contributed by atoms with Crippen LogP contribution in [0, 0.1) is 13.8 Å². The standard InChI is InChI=1S/C17H20N6O2/c1-11-8-13(12(2)25-11)17(24)23-5-3-4-22(6-7-23)16-14-15(19-9-18-14)20-10-21-16/h8-10H,3-7H2,1-2H3,(H,18,19,20,21).